The zero-order chi connectivity index (χ0) is 21.9. The minimum atomic E-state index is 0.0189. The smallest absolute Gasteiger partial charge is 0.260 e. The Morgan fingerprint density at radius 1 is 1.06 bits per heavy atom. The second-order valence-corrected chi connectivity index (χ2v) is 8.12. The van der Waals surface area contributed by atoms with Gasteiger partial charge >= 0.3 is 0 Å². The quantitative estimate of drug-likeness (QED) is 0.448. The highest BCUT2D eigenvalue weighted by Crippen LogP contribution is 2.28. The Balaban J connectivity index is 1.19. The standard InChI is InChI=1S/C24H27N5O3/c1-31-16-15-27-14-10-19-20(27)5-4-6-21(19)32-17-23(30)28-12-8-18(9-13-28)24-26-25-22-7-2-3-11-29(22)24/h2-7,10-11,14,18H,8-9,12-13,15-17H2,1H3. The first kappa shape index (κ1) is 20.5. The third-order valence-corrected chi connectivity index (χ3v) is 6.21. The van der Waals surface area contributed by atoms with Gasteiger partial charge in [0.2, 0.25) is 0 Å². The molecule has 1 aliphatic heterocycles. The van der Waals surface area contributed by atoms with Crippen LogP contribution in [0.25, 0.3) is 16.6 Å². The van der Waals surface area contributed by atoms with E-state index in [4.69, 9.17) is 9.47 Å². The number of ether oxygens (including phenoxy) is 2. The maximum Gasteiger partial charge on any atom is 0.260 e. The number of hydrogen-bond donors (Lipinski definition) is 0. The summed E-state index contributed by atoms with van der Waals surface area (Å²) < 4.78 is 15.3. The average molecular weight is 434 g/mol. The second kappa shape index (κ2) is 9.00. The van der Waals surface area contributed by atoms with Crippen molar-refractivity contribution in [1.29, 1.82) is 0 Å². The Labute approximate surface area is 186 Å². The number of aromatic nitrogens is 4. The maximum atomic E-state index is 12.8. The van der Waals surface area contributed by atoms with Crippen LogP contribution in [-0.4, -0.2) is 63.4 Å². The Morgan fingerprint density at radius 2 is 1.94 bits per heavy atom. The predicted molar refractivity (Wildman–Crippen MR) is 121 cm³/mol. The number of hydrogen-bond acceptors (Lipinski definition) is 5. The van der Waals surface area contributed by atoms with Crippen molar-refractivity contribution < 1.29 is 14.3 Å². The molecule has 32 heavy (non-hydrogen) atoms. The number of fused-ring (bicyclic) bond motifs is 2. The van der Waals surface area contributed by atoms with E-state index in [1.54, 1.807) is 7.11 Å². The molecule has 166 valence electrons. The van der Waals surface area contributed by atoms with E-state index in [2.05, 4.69) is 20.8 Å². The first-order valence-electron chi connectivity index (χ1n) is 11.0. The summed E-state index contributed by atoms with van der Waals surface area (Å²) in [5.41, 5.74) is 1.94. The molecule has 0 saturated carbocycles. The van der Waals surface area contributed by atoms with E-state index >= 15 is 0 Å². The van der Waals surface area contributed by atoms with Crippen molar-refractivity contribution in [2.75, 3.05) is 33.4 Å². The van der Waals surface area contributed by atoms with Crippen LogP contribution >= 0.6 is 0 Å². The van der Waals surface area contributed by atoms with Gasteiger partial charge in [-0.3, -0.25) is 9.20 Å². The zero-order valence-electron chi connectivity index (χ0n) is 18.2. The minimum Gasteiger partial charge on any atom is -0.483 e. The molecule has 1 fully saturated rings. The Morgan fingerprint density at radius 3 is 2.78 bits per heavy atom. The monoisotopic (exact) mass is 433 g/mol. The van der Waals surface area contributed by atoms with E-state index in [1.807, 2.05) is 58.1 Å². The van der Waals surface area contributed by atoms with Crippen molar-refractivity contribution in [3.8, 4) is 5.75 Å². The van der Waals surface area contributed by atoms with Gasteiger partial charge in [0.15, 0.2) is 12.3 Å². The summed E-state index contributed by atoms with van der Waals surface area (Å²) >= 11 is 0. The Kier molecular flexibility index (Phi) is 5.77. The van der Waals surface area contributed by atoms with Crippen molar-refractivity contribution >= 4 is 22.5 Å². The van der Waals surface area contributed by atoms with Gasteiger partial charge in [0.05, 0.1) is 12.1 Å². The zero-order valence-corrected chi connectivity index (χ0v) is 18.2. The van der Waals surface area contributed by atoms with E-state index in [0.29, 0.717) is 25.6 Å². The number of benzene rings is 1. The Hall–Kier alpha value is -3.39. The van der Waals surface area contributed by atoms with Gasteiger partial charge in [0, 0.05) is 50.4 Å². The fourth-order valence-corrected chi connectivity index (χ4v) is 4.46. The lowest BCUT2D eigenvalue weighted by atomic mass is 9.96. The highest BCUT2D eigenvalue weighted by Gasteiger charge is 2.27. The first-order valence-corrected chi connectivity index (χ1v) is 11.0. The van der Waals surface area contributed by atoms with Crippen molar-refractivity contribution in [2.24, 2.45) is 0 Å². The number of likely N-dealkylation sites (tertiary alicyclic amines) is 1. The molecule has 0 N–H and O–H groups in total. The van der Waals surface area contributed by atoms with E-state index < -0.39 is 0 Å². The number of amides is 1. The predicted octanol–water partition coefficient (Wildman–Crippen LogP) is 3.12. The van der Waals surface area contributed by atoms with Crippen LogP contribution in [0.4, 0.5) is 0 Å². The SMILES string of the molecule is COCCn1ccc2c(OCC(=O)N3CCC(c4nnc5ccccn45)CC3)cccc21. The van der Waals surface area contributed by atoms with Gasteiger partial charge in [0.1, 0.15) is 11.6 Å². The van der Waals surface area contributed by atoms with Crippen molar-refractivity contribution in [1.82, 2.24) is 24.1 Å². The minimum absolute atomic E-state index is 0.0189. The van der Waals surface area contributed by atoms with Crippen molar-refractivity contribution in [3.63, 3.8) is 0 Å². The van der Waals surface area contributed by atoms with Gasteiger partial charge in [-0.25, -0.2) is 0 Å². The molecule has 5 rings (SSSR count). The molecule has 1 aliphatic rings. The molecule has 0 radical (unpaired) electrons. The van der Waals surface area contributed by atoms with Gasteiger partial charge in [-0.1, -0.05) is 12.1 Å². The van der Waals surface area contributed by atoms with Crippen LogP contribution < -0.4 is 4.74 Å². The molecule has 8 nitrogen and oxygen atoms in total. The lowest BCUT2D eigenvalue weighted by Gasteiger charge is -2.31. The van der Waals surface area contributed by atoms with E-state index in [0.717, 1.165) is 47.5 Å². The topological polar surface area (TPSA) is 73.9 Å². The maximum absolute atomic E-state index is 12.8. The van der Waals surface area contributed by atoms with Gasteiger partial charge in [0.25, 0.3) is 5.91 Å². The normalized spacial score (nSPS) is 15.0. The molecule has 1 amide bonds. The fraction of sp³-hybridized carbons (Fsp3) is 0.375. The van der Waals surface area contributed by atoms with Crippen molar-refractivity contribution in [2.45, 2.75) is 25.3 Å². The first-order chi connectivity index (χ1) is 15.7. The highest BCUT2D eigenvalue weighted by atomic mass is 16.5. The van der Waals surface area contributed by atoms with Crippen LogP contribution in [0.1, 0.15) is 24.6 Å². The fourth-order valence-electron chi connectivity index (χ4n) is 4.46. The number of pyridine rings is 1. The number of nitrogens with zero attached hydrogens (tertiary/aromatic N) is 5. The van der Waals surface area contributed by atoms with E-state index in [-0.39, 0.29) is 12.5 Å². The summed E-state index contributed by atoms with van der Waals surface area (Å²) in [6, 6.07) is 13.9. The van der Waals surface area contributed by atoms with E-state index in [9.17, 15) is 4.79 Å². The molecule has 0 bridgehead atoms. The molecule has 0 atom stereocenters. The highest BCUT2D eigenvalue weighted by molar-refractivity contribution is 5.87. The molecule has 0 aliphatic carbocycles. The third-order valence-electron chi connectivity index (χ3n) is 6.21. The molecular formula is C24H27N5O3. The van der Waals surface area contributed by atoms with Gasteiger partial charge < -0.3 is 18.9 Å². The summed E-state index contributed by atoms with van der Waals surface area (Å²) in [6.07, 6.45) is 5.77. The van der Waals surface area contributed by atoms with E-state index in [1.165, 1.54) is 0 Å². The molecule has 3 aromatic heterocycles. The molecule has 8 heteroatoms. The number of methoxy groups -OCH3 is 1. The van der Waals surface area contributed by atoms with Crippen LogP contribution in [0.2, 0.25) is 0 Å². The van der Waals surface area contributed by atoms with Crippen molar-refractivity contribution in [3.05, 3.63) is 60.7 Å². The van der Waals surface area contributed by atoms with Crippen LogP contribution in [0.3, 0.4) is 0 Å². The second-order valence-electron chi connectivity index (χ2n) is 8.12. The molecule has 0 spiro atoms. The van der Waals surface area contributed by atoms with Crippen LogP contribution in [0.5, 0.6) is 5.75 Å². The third kappa shape index (κ3) is 3.93. The van der Waals surface area contributed by atoms with Gasteiger partial charge in [-0.2, -0.15) is 0 Å². The van der Waals surface area contributed by atoms with Crippen LogP contribution in [0.15, 0.2) is 54.9 Å². The number of carbonyl (C=O) groups is 1. The number of rotatable bonds is 7. The van der Waals surface area contributed by atoms with Crippen LogP contribution in [-0.2, 0) is 16.1 Å². The summed E-state index contributed by atoms with van der Waals surface area (Å²) in [5.74, 6) is 2.04. The molecule has 1 saturated heterocycles. The molecule has 4 heterocycles. The number of carbonyl (C=O) groups excluding carboxylic acids is 1. The molecular weight excluding hydrogens is 406 g/mol. The Bertz CT molecular complexity index is 1220. The molecule has 1 aromatic carbocycles. The van der Waals surface area contributed by atoms with Crippen LogP contribution in [0, 0.1) is 0 Å². The number of piperidine rings is 1. The lowest BCUT2D eigenvalue weighted by Crippen LogP contribution is -2.40. The summed E-state index contributed by atoms with van der Waals surface area (Å²) in [7, 11) is 1.70. The largest absolute Gasteiger partial charge is 0.483 e. The molecule has 0 unspecified atom stereocenters. The lowest BCUT2D eigenvalue weighted by molar-refractivity contribution is -0.134. The van der Waals surface area contributed by atoms with Gasteiger partial charge in [-0.05, 0) is 43.2 Å². The summed E-state index contributed by atoms with van der Waals surface area (Å²) in [6.45, 7) is 2.87. The summed E-state index contributed by atoms with van der Waals surface area (Å²) in [5, 5.41) is 9.66. The van der Waals surface area contributed by atoms with Gasteiger partial charge in [-0.15, -0.1) is 10.2 Å². The summed E-state index contributed by atoms with van der Waals surface area (Å²) in [4.78, 5) is 14.7. The average Bonchev–Trinajstić information content (AvgIpc) is 3.46. The molecule has 4 aromatic rings.